The van der Waals surface area contributed by atoms with E-state index < -0.39 is 18.0 Å². The molecule has 1 atom stereocenters. The molecule has 1 aromatic carbocycles. The average Bonchev–Trinajstić information content (AvgIpc) is 2.54. The van der Waals surface area contributed by atoms with Gasteiger partial charge in [0.2, 0.25) is 5.28 Å². The summed E-state index contributed by atoms with van der Waals surface area (Å²) in [4.78, 5) is 19.2. The quantitative estimate of drug-likeness (QED) is 0.616. The largest absolute Gasteiger partial charge is 0.445 e. The molecule has 0 saturated heterocycles. The minimum absolute atomic E-state index is 0.00421. The molecule has 0 saturated carbocycles. The van der Waals surface area contributed by atoms with Crippen molar-refractivity contribution in [3.05, 3.63) is 65.5 Å². The highest BCUT2D eigenvalue weighted by Crippen LogP contribution is 2.26. The van der Waals surface area contributed by atoms with Crippen molar-refractivity contribution in [2.45, 2.75) is 12.5 Å². The van der Waals surface area contributed by atoms with Crippen molar-refractivity contribution in [3.63, 3.8) is 0 Å². The molecule has 1 aromatic heterocycles. The molecular weight excluding hydrogens is 337 g/mol. The Balaban J connectivity index is 2.14. The highest BCUT2D eigenvalue weighted by Gasteiger charge is 2.18. The average molecular weight is 352 g/mol. The lowest BCUT2D eigenvalue weighted by atomic mass is 10.0. The van der Waals surface area contributed by atoms with Gasteiger partial charge in [-0.1, -0.05) is 24.8 Å². The lowest BCUT2D eigenvalue weighted by molar-refractivity contribution is 0.170. The number of carbonyl (C=O) groups excluding carboxylic acids is 1. The molecule has 1 amide bonds. The monoisotopic (exact) mass is 351 g/mol. The van der Waals surface area contributed by atoms with E-state index in [1.807, 2.05) is 0 Å². The number of aliphatic hydroxyl groups excluding tert-OH is 1. The number of nitrogens with zero attached hydrogens (tertiary/aromatic N) is 2. The number of benzene rings is 1. The van der Waals surface area contributed by atoms with E-state index >= 15 is 0 Å². The minimum Gasteiger partial charge on any atom is -0.445 e. The van der Waals surface area contributed by atoms with Crippen LogP contribution in [0.15, 0.2) is 43.1 Å². The van der Waals surface area contributed by atoms with Crippen LogP contribution in [-0.4, -0.2) is 27.8 Å². The molecule has 0 aliphatic heterocycles. The van der Waals surface area contributed by atoms with E-state index in [0.717, 1.165) is 0 Å². The van der Waals surface area contributed by atoms with E-state index in [9.17, 15) is 14.3 Å². The summed E-state index contributed by atoms with van der Waals surface area (Å²) < 4.78 is 19.2. The molecule has 1 unspecified atom stereocenters. The fourth-order valence-corrected chi connectivity index (χ4v) is 2.14. The maximum atomic E-state index is 14.5. The minimum atomic E-state index is -1.16. The summed E-state index contributed by atoms with van der Waals surface area (Å²) in [5, 5.41) is 12.6. The van der Waals surface area contributed by atoms with Crippen molar-refractivity contribution in [2.75, 3.05) is 11.9 Å². The van der Waals surface area contributed by atoms with Crippen LogP contribution < -0.4 is 5.32 Å². The van der Waals surface area contributed by atoms with E-state index in [-0.39, 0.29) is 29.6 Å². The zero-order valence-electron chi connectivity index (χ0n) is 12.6. The maximum Gasteiger partial charge on any atom is 0.412 e. The number of halogens is 2. The number of anilines is 1. The van der Waals surface area contributed by atoms with Gasteiger partial charge in [0.1, 0.15) is 6.61 Å². The van der Waals surface area contributed by atoms with Crippen LogP contribution in [0, 0.1) is 5.82 Å². The van der Waals surface area contributed by atoms with Gasteiger partial charge < -0.3 is 9.84 Å². The Morgan fingerprint density at radius 3 is 3.00 bits per heavy atom. The molecule has 1 heterocycles. The summed E-state index contributed by atoms with van der Waals surface area (Å²) in [5.74, 6) is -0.749. The van der Waals surface area contributed by atoms with Crippen molar-refractivity contribution >= 4 is 23.4 Å². The molecular formula is C16H15ClFN3O3. The normalized spacial score (nSPS) is 11.6. The SMILES string of the molecule is C=CCOC(=O)Nc1cccc(C(O)Cc2ccnc(Cl)n2)c1F. The van der Waals surface area contributed by atoms with Crippen LogP contribution in [0.2, 0.25) is 5.28 Å². The number of hydrogen-bond acceptors (Lipinski definition) is 5. The van der Waals surface area contributed by atoms with Crippen LogP contribution in [0.3, 0.4) is 0 Å². The molecule has 0 aliphatic rings. The van der Waals surface area contributed by atoms with E-state index in [4.69, 9.17) is 16.3 Å². The lowest BCUT2D eigenvalue weighted by Crippen LogP contribution is -2.16. The number of carbonyl (C=O) groups is 1. The van der Waals surface area contributed by atoms with Crippen molar-refractivity contribution in [3.8, 4) is 0 Å². The van der Waals surface area contributed by atoms with Crippen LogP contribution in [0.25, 0.3) is 0 Å². The van der Waals surface area contributed by atoms with Crippen molar-refractivity contribution in [1.29, 1.82) is 0 Å². The number of hydrogen-bond donors (Lipinski definition) is 2. The van der Waals surface area contributed by atoms with Crippen LogP contribution >= 0.6 is 11.6 Å². The Morgan fingerprint density at radius 1 is 1.50 bits per heavy atom. The molecule has 2 N–H and O–H groups in total. The highest BCUT2D eigenvalue weighted by atomic mass is 35.5. The summed E-state index contributed by atoms with van der Waals surface area (Å²) >= 11 is 5.68. The smallest absolute Gasteiger partial charge is 0.412 e. The summed E-state index contributed by atoms with van der Waals surface area (Å²) in [6.07, 6.45) is 0.901. The van der Waals surface area contributed by atoms with Crippen molar-refractivity contribution in [1.82, 2.24) is 9.97 Å². The molecule has 0 aliphatic carbocycles. The number of amides is 1. The predicted molar refractivity (Wildman–Crippen MR) is 87.3 cm³/mol. The predicted octanol–water partition coefficient (Wildman–Crippen LogP) is 3.28. The number of rotatable bonds is 6. The molecule has 126 valence electrons. The zero-order chi connectivity index (χ0) is 17.5. The second-order valence-electron chi connectivity index (χ2n) is 4.76. The summed E-state index contributed by atoms with van der Waals surface area (Å²) in [5.41, 5.74) is 0.387. The first kappa shape index (κ1) is 17.8. The summed E-state index contributed by atoms with van der Waals surface area (Å²) in [7, 11) is 0. The van der Waals surface area contributed by atoms with Gasteiger partial charge >= 0.3 is 6.09 Å². The van der Waals surface area contributed by atoms with Gasteiger partial charge in [-0.2, -0.15) is 0 Å². The summed E-state index contributed by atoms with van der Waals surface area (Å²) in [6, 6.07) is 5.87. The Labute approximate surface area is 143 Å². The molecule has 0 radical (unpaired) electrons. The first-order valence-electron chi connectivity index (χ1n) is 7.00. The fourth-order valence-electron chi connectivity index (χ4n) is 1.98. The molecule has 8 heteroatoms. The number of ether oxygens (including phenoxy) is 1. The number of aliphatic hydroxyl groups is 1. The molecule has 6 nitrogen and oxygen atoms in total. The van der Waals surface area contributed by atoms with Crippen molar-refractivity contribution in [2.24, 2.45) is 0 Å². The first-order valence-corrected chi connectivity index (χ1v) is 7.37. The van der Waals surface area contributed by atoms with Crippen molar-refractivity contribution < 1.29 is 19.0 Å². The van der Waals surface area contributed by atoms with Crippen LogP contribution in [0.4, 0.5) is 14.9 Å². The lowest BCUT2D eigenvalue weighted by Gasteiger charge is -2.14. The van der Waals surface area contributed by atoms with Gasteiger partial charge in [-0.15, -0.1) is 0 Å². The Morgan fingerprint density at radius 2 is 2.29 bits per heavy atom. The number of aromatic nitrogens is 2. The molecule has 2 aromatic rings. The third-order valence-electron chi connectivity index (χ3n) is 3.04. The zero-order valence-corrected chi connectivity index (χ0v) is 13.3. The third kappa shape index (κ3) is 4.74. The van der Waals surface area contributed by atoms with Gasteiger partial charge in [-0.25, -0.2) is 19.2 Å². The van der Waals surface area contributed by atoms with Gasteiger partial charge in [-0.05, 0) is 23.7 Å². The molecule has 0 spiro atoms. The van der Waals surface area contributed by atoms with E-state index in [1.165, 1.54) is 30.5 Å². The van der Waals surface area contributed by atoms with Gasteiger partial charge in [-0.3, -0.25) is 5.32 Å². The molecule has 2 rings (SSSR count). The number of nitrogens with one attached hydrogen (secondary N) is 1. The van der Waals surface area contributed by atoms with Gasteiger partial charge in [0.05, 0.1) is 11.8 Å². The van der Waals surface area contributed by atoms with Crippen LogP contribution in [-0.2, 0) is 11.2 Å². The fraction of sp³-hybridized carbons (Fsp3) is 0.188. The molecule has 24 heavy (non-hydrogen) atoms. The van der Waals surface area contributed by atoms with Gasteiger partial charge in [0.15, 0.2) is 5.82 Å². The van der Waals surface area contributed by atoms with Crippen LogP contribution in [0.5, 0.6) is 0 Å². The highest BCUT2D eigenvalue weighted by molar-refractivity contribution is 6.28. The Hall–Kier alpha value is -2.51. The summed E-state index contributed by atoms with van der Waals surface area (Å²) in [6.45, 7) is 3.41. The second-order valence-corrected chi connectivity index (χ2v) is 5.10. The Bertz CT molecular complexity index is 742. The van der Waals surface area contributed by atoms with E-state index in [1.54, 1.807) is 6.07 Å². The Kier molecular flexibility index (Phi) is 6.22. The standard InChI is InChI=1S/C16H15ClFN3O3/c1-2-8-24-16(23)21-12-5-3-4-11(14(12)18)13(22)9-10-6-7-19-15(17)20-10/h2-7,13,22H,1,8-9H2,(H,21,23). The van der Waals surface area contributed by atoms with Crippen LogP contribution in [0.1, 0.15) is 17.4 Å². The topological polar surface area (TPSA) is 84.3 Å². The first-order chi connectivity index (χ1) is 11.5. The molecule has 0 fully saturated rings. The van der Waals surface area contributed by atoms with Gasteiger partial charge in [0.25, 0.3) is 0 Å². The van der Waals surface area contributed by atoms with Gasteiger partial charge in [0, 0.05) is 23.9 Å². The second kappa shape index (κ2) is 8.37. The van der Waals surface area contributed by atoms with E-state index in [2.05, 4.69) is 21.9 Å². The maximum absolute atomic E-state index is 14.5. The third-order valence-corrected chi connectivity index (χ3v) is 3.23. The van der Waals surface area contributed by atoms with E-state index in [0.29, 0.717) is 5.69 Å². The molecule has 0 bridgehead atoms.